The minimum Gasteiger partial charge on any atom is -0.366 e. The summed E-state index contributed by atoms with van der Waals surface area (Å²) in [6.45, 7) is 0. The normalized spacial score (nSPS) is 29.1. The summed E-state index contributed by atoms with van der Waals surface area (Å²) in [7, 11) is 0. The molecule has 5 aliphatic carbocycles. The van der Waals surface area contributed by atoms with Gasteiger partial charge in [-0.3, -0.25) is 4.99 Å². The van der Waals surface area contributed by atoms with Gasteiger partial charge < -0.3 is 5.32 Å². The van der Waals surface area contributed by atoms with Gasteiger partial charge in [-0.2, -0.15) is 5.10 Å². The molecule has 4 bridgehead atoms. The number of hydrogen-bond donors (Lipinski definition) is 1. The minimum absolute atomic E-state index is 0.405. The quantitative estimate of drug-likeness (QED) is 0.265. The van der Waals surface area contributed by atoms with Crippen molar-refractivity contribution in [1.82, 2.24) is 15.1 Å². The highest BCUT2D eigenvalue weighted by Crippen LogP contribution is 2.54. The highest BCUT2D eigenvalue weighted by Gasteiger charge is 2.48. The van der Waals surface area contributed by atoms with Crippen LogP contribution in [0.2, 0.25) is 15.1 Å². The molecule has 0 amide bonds. The van der Waals surface area contributed by atoms with Crippen molar-refractivity contribution in [3.8, 4) is 16.9 Å². The number of nitrogens with zero attached hydrogens (tertiary/aromatic N) is 3. The lowest BCUT2D eigenvalue weighted by atomic mass is 9.54. The lowest BCUT2D eigenvalue weighted by Crippen LogP contribution is -2.48. The smallest absolute Gasteiger partial charge is 0.149 e. The largest absolute Gasteiger partial charge is 0.366 e. The average molecular weight is 540 g/mol. The van der Waals surface area contributed by atoms with Crippen LogP contribution in [0.5, 0.6) is 0 Å². The van der Waals surface area contributed by atoms with Crippen molar-refractivity contribution in [3.05, 3.63) is 69.3 Å². The molecule has 0 spiro atoms. The Labute approximate surface area is 227 Å². The number of aliphatic imine (C=N–C) groups is 1. The molecule has 0 aliphatic heterocycles. The summed E-state index contributed by atoms with van der Waals surface area (Å²) < 4.78 is 1.91. The number of amidine groups is 1. The van der Waals surface area contributed by atoms with Gasteiger partial charge in [-0.25, -0.2) is 4.68 Å². The van der Waals surface area contributed by atoms with Gasteiger partial charge in [0.05, 0.1) is 22.4 Å². The molecule has 0 saturated heterocycles. The summed E-state index contributed by atoms with van der Waals surface area (Å²) in [5, 5.41) is 10.7. The van der Waals surface area contributed by atoms with Gasteiger partial charge in [0.15, 0.2) is 0 Å². The Morgan fingerprint density at radius 3 is 2.14 bits per heavy atom. The van der Waals surface area contributed by atoms with E-state index in [2.05, 4.69) is 11.4 Å². The van der Waals surface area contributed by atoms with Crippen molar-refractivity contribution in [2.45, 2.75) is 57.0 Å². The van der Waals surface area contributed by atoms with Crippen molar-refractivity contribution in [2.24, 2.45) is 28.7 Å². The molecule has 1 heterocycles. The second-order valence-electron chi connectivity index (χ2n) is 11.2. The fourth-order valence-electron chi connectivity index (χ4n) is 7.01. The first-order chi connectivity index (χ1) is 17.5. The number of halogens is 3. The zero-order valence-electron chi connectivity index (χ0n) is 20.0. The Balaban J connectivity index is 1.33. The van der Waals surface area contributed by atoms with E-state index >= 15 is 0 Å². The van der Waals surface area contributed by atoms with Gasteiger partial charge in [-0.05, 0) is 105 Å². The molecule has 186 valence electrons. The standard InChI is InChI=1S/C29H29Cl3N4/c30-21-3-1-18(2-4-21)27-15-25(35-36(27)26-8-5-22(31)14-24(26)32)29(33-23-6-7-23)34-28-19-10-16-9-17(12-19)13-20(28)11-16/h1-5,8,14-17,19-20,23,28H,6-7,9-13H2,(H,33,34). The summed E-state index contributed by atoms with van der Waals surface area (Å²) in [6.07, 6.45) is 9.23. The Morgan fingerprint density at radius 2 is 1.50 bits per heavy atom. The molecule has 1 aromatic heterocycles. The van der Waals surface area contributed by atoms with Gasteiger partial charge in [0.25, 0.3) is 0 Å². The maximum atomic E-state index is 6.66. The third kappa shape index (κ3) is 4.36. The summed E-state index contributed by atoms with van der Waals surface area (Å²) in [6, 6.07) is 16.4. The molecule has 0 atom stereocenters. The van der Waals surface area contributed by atoms with Gasteiger partial charge in [0.1, 0.15) is 11.5 Å². The molecular formula is C29H29Cl3N4. The predicted molar refractivity (Wildman–Crippen MR) is 148 cm³/mol. The topological polar surface area (TPSA) is 42.2 Å². The van der Waals surface area contributed by atoms with Crippen LogP contribution in [0.1, 0.15) is 50.6 Å². The zero-order valence-corrected chi connectivity index (χ0v) is 22.3. The maximum Gasteiger partial charge on any atom is 0.149 e. The first kappa shape index (κ1) is 23.1. The Hall–Kier alpha value is -2.01. The fraction of sp³-hybridized carbons (Fsp3) is 0.448. The first-order valence-corrected chi connectivity index (χ1v) is 14.3. The van der Waals surface area contributed by atoms with Gasteiger partial charge >= 0.3 is 0 Å². The van der Waals surface area contributed by atoms with Crippen molar-refractivity contribution < 1.29 is 0 Å². The number of nitrogens with one attached hydrogen (secondary N) is 1. The van der Waals surface area contributed by atoms with Crippen molar-refractivity contribution >= 4 is 40.6 Å². The average Bonchev–Trinajstić information content (AvgIpc) is 3.56. The third-order valence-electron chi connectivity index (χ3n) is 8.60. The summed E-state index contributed by atoms with van der Waals surface area (Å²) in [5.74, 6) is 4.25. The van der Waals surface area contributed by atoms with Crippen LogP contribution in [0.15, 0.2) is 53.5 Å². The van der Waals surface area contributed by atoms with Crippen molar-refractivity contribution in [1.29, 1.82) is 0 Å². The van der Waals surface area contributed by atoms with Crippen LogP contribution in [0, 0.1) is 23.7 Å². The molecule has 36 heavy (non-hydrogen) atoms. The Bertz CT molecular complexity index is 1300. The SMILES string of the molecule is Clc1ccc(-c2cc(C(=NC3C4CC5CC(C4)CC3C5)NC3CC3)nn2-c2ccc(Cl)cc2Cl)cc1. The molecule has 2 aromatic carbocycles. The van der Waals surface area contributed by atoms with Crippen LogP contribution in [0.3, 0.4) is 0 Å². The van der Waals surface area contributed by atoms with E-state index in [0.29, 0.717) is 27.2 Å². The lowest BCUT2D eigenvalue weighted by Gasteiger charge is -2.53. The van der Waals surface area contributed by atoms with E-state index in [1.54, 1.807) is 6.07 Å². The number of benzene rings is 2. The number of hydrogen-bond acceptors (Lipinski definition) is 2. The molecule has 5 aliphatic rings. The molecule has 1 N–H and O–H groups in total. The molecule has 0 radical (unpaired) electrons. The fourth-order valence-corrected chi connectivity index (χ4v) is 7.63. The highest BCUT2D eigenvalue weighted by molar-refractivity contribution is 6.35. The van der Waals surface area contributed by atoms with Gasteiger partial charge in [0, 0.05) is 21.7 Å². The van der Waals surface area contributed by atoms with Gasteiger partial charge in [0.2, 0.25) is 0 Å². The van der Waals surface area contributed by atoms with Crippen LogP contribution < -0.4 is 5.32 Å². The van der Waals surface area contributed by atoms with E-state index in [4.69, 9.17) is 44.9 Å². The Morgan fingerprint density at radius 1 is 0.833 bits per heavy atom. The van der Waals surface area contributed by atoms with E-state index in [9.17, 15) is 0 Å². The monoisotopic (exact) mass is 538 g/mol. The van der Waals surface area contributed by atoms with Crippen LogP contribution in [-0.2, 0) is 0 Å². The molecule has 0 unspecified atom stereocenters. The van der Waals surface area contributed by atoms with Crippen LogP contribution >= 0.6 is 34.8 Å². The second kappa shape index (κ2) is 9.08. The lowest BCUT2D eigenvalue weighted by molar-refractivity contribution is 0.00118. The van der Waals surface area contributed by atoms with E-state index in [1.165, 1.54) is 44.9 Å². The Kier molecular flexibility index (Phi) is 5.83. The molecule has 5 saturated carbocycles. The summed E-state index contributed by atoms with van der Waals surface area (Å²) in [5.41, 5.74) is 3.62. The molecular weight excluding hydrogens is 511 g/mol. The molecule has 8 rings (SSSR count). The van der Waals surface area contributed by atoms with E-state index in [-0.39, 0.29) is 0 Å². The van der Waals surface area contributed by atoms with Crippen LogP contribution in [0.4, 0.5) is 0 Å². The zero-order chi connectivity index (χ0) is 24.4. The van der Waals surface area contributed by atoms with Gasteiger partial charge in [-0.15, -0.1) is 0 Å². The first-order valence-electron chi connectivity index (χ1n) is 13.2. The van der Waals surface area contributed by atoms with E-state index < -0.39 is 0 Å². The third-order valence-corrected chi connectivity index (χ3v) is 9.39. The van der Waals surface area contributed by atoms with Gasteiger partial charge in [-0.1, -0.05) is 46.9 Å². The predicted octanol–water partition coefficient (Wildman–Crippen LogP) is 7.82. The minimum atomic E-state index is 0.405. The van der Waals surface area contributed by atoms with Crippen molar-refractivity contribution in [3.63, 3.8) is 0 Å². The molecule has 3 aromatic rings. The number of aromatic nitrogens is 2. The van der Waals surface area contributed by atoms with Crippen molar-refractivity contribution in [2.75, 3.05) is 0 Å². The van der Waals surface area contributed by atoms with E-state index in [1.807, 2.05) is 41.1 Å². The van der Waals surface area contributed by atoms with E-state index in [0.717, 1.165) is 52.1 Å². The number of rotatable bonds is 5. The van der Waals surface area contributed by atoms with Crippen LogP contribution in [-0.4, -0.2) is 27.7 Å². The maximum absolute atomic E-state index is 6.66. The molecule has 7 heteroatoms. The highest BCUT2D eigenvalue weighted by atomic mass is 35.5. The van der Waals surface area contributed by atoms with Crippen LogP contribution in [0.25, 0.3) is 16.9 Å². The summed E-state index contributed by atoms with van der Waals surface area (Å²) >= 11 is 19.1. The molecule has 4 nitrogen and oxygen atoms in total. The second-order valence-corrected chi connectivity index (χ2v) is 12.5. The molecule has 5 fully saturated rings. The summed E-state index contributed by atoms with van der Waals surface area (Å²) in [4.78, 5) is 5.47.